The number of carbonyl (C=O) groups excluding carboxylic acids is 1. The molecule has 6 nitrogen and oxygen atoms in total. The van der Waals surface area contributed by atoms with Crippen LogP contribution in [0.15, 0.2) is 77.4 Å². The first-order valence-electron chi connectivity index (χ1n) is 12.4. The molecule has 184 valence electrons. The van der Waals surface area contributed by atoms with E-state index in [4.69, 9.17) is 14.3 Å². The van der Waals surface area contributed by atoms with Crippen LogP contribution in [0.4, 0.5) is 5.69 Å². The number of carboxylic acids is 1. The number of furan rings is 1. The van der Waals surface area contributed by atoms with Crippen LogP contribution in [0, 0.1) is 5.92 Å². The number of hydrogen-bond acceptors (Lipinski definition) is 4. The maximum atomic E-state index is 12.4. The van der Waals surface area contributed by atoms with Gasteiger partial charge in [0.25, 0.3) is 5.91 Å². The summed E-state index contributed by atoms with van der Waals surface area (Å²) in [7, 11) is 0. The molecule has 6 heteroatoms. The van der Waals surface area contributed by atoms with E-state index in [0.717, 1.165) is 33.2 Å². The number of fused-ring (bicyclic) bond motifs is 1. The molecule has 0 aliphatic heterocycles. The first kappa shape index (κ1) is 23.7. The third-order valence-corrected chi connectivity index (χ3v) is 6.77. The van der Waals surface area contributed by atoms with Crippen molar-refractivity contribution in [1.29, 1.82) is 0 Å². The molecule has 1 aromatic heterocycles. The van der Waals surface area contributed by atoms with Crippen LogP contribution < -0.4 is 10.1 Å². The lowest BCUT2D eigenvalue weighted by molar-refractivity contribution is -0.136. The maximum absolute atomic E-state index is 12.4. The number of hydrogen-bond donors (Lipinski definition) is 2. The molecule has 1 aliphatic rings. The van der Waals surface area contributed by atoms with Gasteiger partial charge in [-0.05, 0) is 89.5 Å². The molecule has 3 aromatic carbocycles. The molecular weight excluding hydrogens is 454 g/mol. The number of rotatable bonds is 9. The van der Waals surface area contributed by atoms with Crippen LogP contribution in [0.3, 0.4) is 0 Å². The Hall–Kier alpha value is -4.06. The first-order chi connectivity index (χ1) is 17.5. The van der Waals surface area contributed by atoms with Crippen LogP contribution in [-0.4, -0.2) is 23.6 Å². The largest absolute Gasteiger partial charge is 0.493 e. The van der Waals surface area contributed by atoms with Gasteiger partial charge in [0.2, 0.25) is 0 Å². The third-order valence-electron chi connectivity index (χ3n) is 6.77. The Morgan fingerprint density at radius 1 is 0.972 bits per heavy atom. The van der Waals surface area contributed by atoms with Crippen LogP contribution in [0.1, 0.15) is 48.2 Å². The number of nitrogens with one attached hydrogen (secondary N) is 1. The summed E-state index contributed by atoms with van der Waals surface area (Å²) >= 11 is 0. The topological polar surface area (TPSA) is 88.8 Å². The highest BCUT2D eigenvalue weighted by Crippen LogP contribution is 2.35. The van der Waals surface area contributed by atoms with E-state index in [2.05, 4.69) is 17.4 Å². The third kappa shape index (κ3) is 5.60. The average molecular weight is 484 g/mol. The number of carbonyl (C=O) groups is 2. The van der Waals surface area contributed by atoms with Gasteiger partial charge in [-0.3, -0.25) is 9.59 Å². The van der Waals surface area contributed by atoms with Crippen LogP contribution in [0.5, 0.6) is 5.75 Å². The van der Waals surface area contributed by atoms with E-state index in [0.29, 0.717) is 24.6 Å². The van der Waals surface area contributed by atoms with Gasteiger partial charge >= 0.3 is 5.97 Å². The SMILES string of the molecule is O=C(O)CCc1ccc(OCC2CCCC2)c(-c2ccc3ccc(NC(=O)c4ccco4)cc3c2)c1. The summed E-state index contributed by atoms with van der Waals surface area (Å²) in [5.41, 5.74) is 3.56. The Bertz CT molecular complexity index is 1370. The normalized spacial score (nSPS) is 13.7. The highest BCUT2D eigenvalue weighted by atomic mass is 16.5. The van der Waals surface area contributed by atoms with Crippen molar-refractivity contribution in [2.45, 2.75) is 38.5 Å². The number of amides is 1. The van der Waals surface area contributed by atoms with Crippen molar-refractivity contribution in [3.63, 3.8) is 0 Å². The molecule has 1 amide bonds. The second-order valence-electron chi connectivity index (χ2n) is 9.39. The lowest BCUT2D eigenvalue weighted by Gasteiger charge is -2.17. The van der Waals surface area contributed by atoms with E-state index >= 15 is 0 Å². The molecule has 0 saturated heterocycles. The van der Waals surface area contributed by atoms with Gasteiger partial charge in [0.05, 0.1) is 12.9 Å². The van der Waals surface area contributed by atoms with Gasteiger partial charge in [-0.25, -0.2) is 0 Å². The van der Waals surface area contributed by atoms with Crippen molar-refractivity contribution in [2.24, 2.45) is 5.92 Å². The van der Waals surface area contributed by atoms with Gasteiger partial charge in [-0.2, -0.15) is 0 Å². The van der Waals surface area contributed by atoms with Crippen LogP contribution in [0.25, 0.3) is 21.9 Å². The van der Waals surface area contributed by atoms with Crippen LogP contribution in [0.2, 0.25) is 0 Å². The van der Waals surface area contributed by atoms with Gasteiger partial charge in [0.15, 0.2) is 5.76 Å². The fraction of sp³-hybridized carbons (Fsp3) is 0.267. The quantitative estimate of drug-likeness (QED) is 0.269. The molecule has 5 rings (SSSR count). The maximum Gasteiger partial charge on any atom is 0.303 e. The monoisotopic (exact) mass is 483 g/mol. The molecule has 2 N–H and O–H groups in total. The highest BCUT2D eigenvalue weighted by Gasteiger charge is 2.17. The summed E-state index contributed by atoms with van der Waals surface area (Å²) in [6.45, 7) is 0.692. The molecular formula is C30H29NO5. The molecule has 0 unspecified atom stereocenters. The predicted molar refractivity (Wildman–Crippen MR) is 139 cm³/mol. The molecule has 1 saturated carbocycles. The molecule has 0 radical (unpaired) electrons. The van der Waals surface area contributed by atoms with Crippen molar-refractivity contribution in [3.8, 4) is 16.9 Å². The number of aliphatic carboxylic acids is 1. The standard InChI is InChI=1S/C30H29NO5/c32-29(33)14-8-20-7-13-27(36-19-21-4-1-2-5-21)26(16-20)23-10-9-22-11-12-25(18-24(22)17-23)31-30(34)28-6-3-15-35-28/h3,6-7,9-13,15-18,21H,1-2,4-5,8,14,19H2,(H,31,34)(H,32,33). The van der Waals surface area contributed by atoms with E-state index in [1.807, 2.05) is 42.5 Å². The Balaban J connectivity index is 1.45. The van der Waals surface area contributed by atoms with Gasteiger partial charge in [0.1, 0.15) is 5.75 Å². The van der Waals surface area contributed by atoms with Crippen molar-refractivity contribution < 1.29 is 23.8 Å². The van der Waals surface area contributed by atoms with Crippen molar-refractivity contribution in [2.75, 3.05) is 11.9 Å². The van der Waals surface area contributed by atoms with E-state index in [1.165, 1.54) is 31.9 Å². The molecule has 0 bridgehead atoms. The van der Waals surface area contributed by atoms with Crippen molar-refractivity contribution in [1.82, 2.24) is 0 Å². The zero-order chi connectivity index (χ0) is 24.9. The number of carboxylic acid groups (broad SMARTS) is 1. The molecule has 1 heterocycles. The first-order valence-corrected chi connectivity index (χ1v) is 12.4. The fourth-order valence-electron chi connectivity index (χ4n) is 4.81. The Morgan fingerprint density at radius 2 is 1.81 bits per heavy atom. The van der Waals surface area contributed by atoms with Crippen molar-refractivity contribution in [3.05, 3.63) is 84.3 Å². The number of aryl methyl sites for hydroxylation is 1. The lowest BCUT2D eigenvalue weighted by atomic mass is 9.97. The predicted octanol–water partition coefficient (Wildman–Crippen LogP) is 6.94. The summed E-state index contributed by atoms with van der Waals surface area (Å²) in [5, 5.41) is 14.0. The second-order valence-corrected chi connectivity index (χ2v) is 9.39. The molecule has 36 heavy (non-hydrogen) atoms. The van der Waals surface area contributed by atoms with Crippen LogP contribution >= 0.6 is 0 Å². The minimum Gasteiger partial charge on any atom is -0.493 e. The Morgan fingerprint density at radius 3 is 2.58 bits per heavy atom. The summed E-state index contributed by atoms with van der Waals surface area (Å²) < 4.78 is 11.5. The number of benzene rings is 3. The van der Waals surface area contributed by atoms with Gasteiger partial charge in [0, 0.05) is 17.7 Å². The zero-order valence-electron chi connectivity index (χ0n) is 20.0. The van der Waals surface area contributed by atoms with E-state index in [-0.39, 0.29) is 18.1 Å². The molecule has 0 spiro atoms. The van der Waals surface area contributed by atoms with Crippen LogP contribution in [-0.2, 0) is 11.2 Å². The summed E-state index contributed by atoms with van der Waals surface area (Å²) in [6.07, 6.45) is 6.94. The minimum atomic E-state index is -0.812. The number of anilines is 1. The molecule has 4 aromatic rings. The van der Waals surface area contributed by atoms with Gasteiger partial charge in [-0.15, -0.1) is 0 Å². The second kappa shape index (κ2) is 10.7. The Labute approximate surface area is 209 Å². The van der Waals surface area contributed by atoms with Gasteiger partial charge < -0.3 is 19.6 Å². The summed E-state index contributed by atoms with van der Waals surface area (Å²) in [4.78, 5) is 23.5. The van der Waals surface area contributed by atoms with Gasteiger partial charge in [-0.1, -0.05) is 37.1 Å². The summed E-state index contributed by atoms with van der Waals surface area (Å²) in [5.74, 6) is 0.535. The smallest absolute Gasteiger partial charge is 0.303 e. The Kier molecular flexibility index (Phi) is 7.03. The molecule has 1 fully saturated rings. The highest BCUT2D eigenvalue weighted by molar-refractivity contribution is 6.03. The van der Waals surface area contributed by atoms with E-state index < -0.39 is 5.97 Å². The molecule has 0 atom stereocenters. The zero-order valence-corrected chi connectivity index (χ0v) is 20.0. The lowest BCUT2D eigenvalue weighted by Crippen LogP contribution is -2.10. The average Bonchev–Trinajstić information content (AvgIpc) is 3.61. The van der Waals surface area contributed by atoms with E-state index in [1.54, 1.807) is 12.1 Å². The summed E-state index contributed by atoms with van der Waals surface area (Å²) in [6, 6.07) is 21.2. The fourth-order valence-corrected chi connectivity index (χ4v) is 4.81. The van der Waals surface area contributed by atoms with E-state index in [9.17, 15) is 9.59 Å². The molecule has 1 aliphatic carbocycles. The van der Waals surface area contributed by atoms with Crippen molar-refractivity contribution >= 4 is 28.3 Å². The minimum absolute atomic E-state index is 0.0815. The number of ether oxygens (including phenoxy) is 1.